The zero-order valence-electron chi connectivity index (χ0n) is 12.5. The van der Waals surface area contributed by atoms with Crippen LogP contribution in [0.2, 0.25) is 0 Å². The maximum atomic E-state index is 12.3. The van der Waals surface area contributed by atoms with Crippen LogP contribution in [0.3, 0.4) is 0 Å². The van der Waals surface area contributed by atoms with E-state index in [1.165, 1.54) is 0 Å². The van der Waals surface area contributed by atoms with Crippen molar-refractivity contribution in [3.05, 3.63) is 71.8 Å². The third kappa shape index (κ3) is 4.51. The lowest BCUT2D eigenvalue weighted by Gasteiger charge is -2.15. The standard InChI is InChI=1S/C18H18O4S/c19-11-15(13-7-3-1-4-8-13)17(21)23-18(22)16(12-20)14-9-5-2-6-10-14/h1-10,15-16,19-20H,11-12H2. The van der Waals surface area contributed by atoms with Crippen LogP contribution in [0.1, 0.15) is 23.0 Å². The third-order valence-corrected chi connectivity index (χ3v) is 4.51. The van der Waals surface area contributed by atoms with Gasteiger partial charge in [0.15, 0.2) is 0 Å². The van der Waals surface area contributed by atoms with Crippen molar-refractivity contribution in [1.82, 2.24) is 0 Å². The minimum atomic E-state index is -0.750. The van der Waals surface area contributed by atoms with E-state index in [4.69, 9.17) is 0 Å². The molecule has 0 aliphatic carbocycles. The maximum Gasteiger partial charge on any atom is 0.206 e. The molecule has 120 valence electrons. The van der Waals surface area contributed by atoms with Gasteiger partial charge in [0, 0.05) is 0 Å². The molecule has 2 unspecified atom stereocenters. The predicted octanol–water partition coefficient (Wildman–Crippen LogP) is 2.33. The summed E-state index contributed by atoms with van der Waals surface area (Å²) in [7, 11) is 0. The molecule has 5 heteroatoms. The van der Waals surface area contributed by atoms with Crippen molar-refractivity contribution in [1.29, 1.82) is 0 Å². The molecule has 0 aromatic heterocycles. The molecule has 0 spiro atoms. The molecular weight excluding hydrogens is 312 g/mol. The lowest BCUT2D eigenvalue weighted by Crippen LogP contribution is -2.19. The Labute approximate surface area is 139 Å². The van der Waals surface area contributed by atoms with Gasteiger partial charge in [-0.1, -0.05) is 60.7 Å². The summed E-state index contributed by atoms with van der Waals surface area (Å²) in [5.41, 5.74) is 1.33. The van der Waals surface area contributed by atoms with Crippen LogP contribution in [0.25, 0.3) is 0 Å². The second kappa shape index (κ2) is 8.62. The molecule has 0 saturated carbocycles. The fourth-order valence-corrected chi connectivity index (χ4v) is 3.15. The number of aliphatic hydroxyl groups excluding tert-OH is 2. The van der Waals surface area contributed by atoms with Crippen LogP contribution in [-0.2, 0) is 9.59 Å². The van der Waals surface area contributed by atoms with E-state index in [2.05, 4.69) is 0 Å². The van der Waals surface area contributed by atoms with Gasteiger partial charge in [-0.15, -0.1) is 0 Å². The normalized spacial score (nSPS) is 13.3. The Morgan fingerprint density at radius 2 is 1.09 bits per heavy atom. The Morgan fingerprint density at radius 3 is 1.39 bits per heavy atom. The van der Waals surface area contributed by atoms with Crippen molar-refractivity contribution in [2.75, 3.05) is 13.2 Å². The van der Waals surface area contributed by atoms with Gasteiger partial charge >= 0.3 is 0 Å². The summed E-state index contributed by atoms with van der Waals surface area (Å²) in [4.78, 5) is 24.7. The predicted molar refractivity (Wildman–Crippen MR) is 90.1 cm³/mol. The summed E-state index contributed by atoms with van der Waals surface area (Å²) >= 11 is 0.557. The number of hydrogen-bond donors (Lipinski definition) is 2. The largest absolute Gasteiger partial charge is 0.395 e. The Kier molecular flexibility index (Phi) is 6.52. The van der Waals surface area contributed by atoms with E-state index in [1.807, 2.05) is 12.1 Å². The smallest absolute Gasteiger partial charge is 0.206 e. The number of carbonyl (C=O) groups is 2. The topological polar surface area (TPSA) is 74.6 Å². The van der Waals surface area contributed by atoms with E-state index < -0.39 is 22.1 Å². The fourth-order valence-electron chi connectivity index (χ4n) is 2.24. The van der Waals surface area contributed by atoms with Gasteiger partial charge in [0.2, 0.25) is 10.2 Å². The molecule has 0 bridgehead atoms. The molecule has 0 amide bonds. The quantitative estimate of drug-likeness (QED) is 0.850. The van der Waals surface area contributed by atoms with Crippen LogP contribution in [-0.4, -0.2) is 33.7 Å². The molecule has 2 aromatic carbocycles. The minimum absolute atomic E-state index is 0.363. The first-order valence-electron chi connectivity index (χ1n) is 7.24. The minimum Gasteiger partial charge on any atom is -0.395 e. The number of aliphatic hydroxyl groups is 2. The number of thioether (sulfide) groups is 1. The first-order chi connectivity index (χ1) is 11.2. The van der Waals surface area contributed by atoms with E-state index in [9.17, 15) is 19.8 Å². The Morgan fingerprint density at radius 1 is 0.739 bits per heavy atom. The van der Waals surface area contributed by atoms with Crippen molar-refractivity contribution in [3.8, 4) is 0 Å². The van der Waals surface area contributed by atoms with E-state index in [0.717, 1.165) is 0 Å². The molecule has 0 heterocycles. The number of carbonyl (C=O) groups excluding carboxylic acids is 2. The molecule has 0 fully saturated rings. The van der Waals surface area contributed by atoms with Crippen molar-refractivity contribution < 1.29 is 19.8 Å². The van der Waals surface area contributed by atoms with Gasteiger partial charge in [0.1, 0.15) is 0 Å². The van der Waals surface area contributed by atoms with Gasteiger partial charge in [-0.05, 0) is 22.9 Å². The lowest BCUT2D eigenvalue weighted by molar-refractivity contribution is -0.115. The highest BCUT2D eigenvalue weighted by Gasteiger charge is 2.27. The van der Waals surface area contributed by atoms with Gasteiger partial charge < -0.3 is 10.2 Å². The SMILES string of the molecule is O=C(SC(=O)C(CO)c1ccccc1)C(CO)c1ccccc1. The van der Waals surface area contributed by atoms with E-state index in [0.29, 0.717) is 22.9 Å². The molecular formula is C18H18O4S. The fraction of sp³-hybridized carbons (Fsp3) is 0.222. The van der Waals surface area contributed by atoms with Crippen molar-refractivity contribution >= 4 is 22.0 Å². The molecule has 2 atom stereocenters. The number of hydrogen-bond acceptors (Lipinski definition) is 5. The lowest BCUT2D eigenvalue weighted by atomic mass is 10.0. The van der Waals surface area contributed by atoms with Crippen LogP contribution in [0.15, 0.2) is 60.7 Å². The molecule has 23 heavy (non-hydrogen) atoms. The van der Waals surface area contributed by atoms with Crippen molar-refractivity contribution in [3.63, 3.8) is 0 Å². The summed E-state index contributed by atoms with van der Waals surface area (Å²) < 4.78 is 0. The van der Waals surface area contributed by atoms with Gasteiger partial charge in [-0.3, -0.25) is 9.59 Å². The second-order valence-electron chi connectivity index (χ2n) is 5.03. The van der Waals surface area contributed by atoms with Crippen LogP contribution in [0.4, 0.5) is 0 Å². The molecule has 2 aromatic rings. The molecule has 4 nitrogen and oxygen atoms in total. The van der Waals surface area contributed by atoms with Crippen LogP contribution < -0.4 is 0 Å². The highest BCUT2D eigenvalue weighted by atomic mass is 32.2. The van der Waals surface area contributed by atoms with E-state index in [1.54, 1.807) is 48.5 Å². The van der Waals surface area contributed by atoms with Crippen LogP contribution >= 0.6 is 11.8 Å². The van der Waals surface area contributed by atoms with Crippen molar-refractivity contribution in [2.24, 2.45) is 0 Å². The van der Waals surface area contributed by atoms with E-state index in [-0.39, 0.29) is 13.2 Å². The molecule has 0 saturated heterocycles. The first-order valence-corrected chi connectivity index (χ1v) is 8.06. The van der Waals surface area contributed by atoms with Crippen LogP contribution in [0, 0.1) is 0 Å². The maximum absolute atomic E-state index is 12.3. The average molecular weight is 330 g/mol. The first kappa shape index (κ1) is 17.4. The third-order valence-electron chi connectivity index (χ3n) is 3.54. The number of rotatable bonds is 6. The zero-order chi connectivity index (χ0) is 16.7. The molecule has 2 N–H and O–H groups in total. The highest BCUT2D eigenvalue weighted by Crippen LogP contribution is 2.28. The van der Waals surface area contributed by atoms with Gasteiger partial charge in [0.05, 0.1) is 25.0 Å². The molecule has 0 aliphatic heterocycles. The van der Waals surface area contributed by atoms with E-state index >= 15 is 0 Å². The Hall–Kier alpha value is -1.95. The Bertz CT molecular complexity index is 585. The zero-order valence-corrected chi connectivity index (χ0v) is 13.3. The highest BCUT2D eigenvalue weighted by molar-refractivity contribution is 8.26. The summed E-state index contributed by atoms with van der Waals surface area (Å²) in [6, 6.07) is 17.7. The summed E-state index contributed by atoms with van der Waals surface area (Å²) in [6.45, 7) is -0.726. The summed E-state index contributed by atoms with van der Waals surface area (Å²) in [5.74, 6) is -1.50. The van der Waals surface area contributed by atoms with Gasteiger partial charge in [0.25, 0.3) is 0 Å². The monoisotopic (exact) mass is 330 g/mol. The van der Waals surface area contributed by atoms with Gasteiger partial charge in [-0.2, -0.15) is 0 Å². The number of benzene rings is 2. The summed E-state index contributed by atoms with van der Waals surface area (Å²) in [6.07, 6.45) is 0. The molecule has 0 radical (unpaired) electrons. The summed E-state index contributed by atoms with van der Waals surface area (Å²) in [5, 5.41) is 18.1. The van der Waals surface area contributed by atoms with Crippen molar-refractivity contribution in [2.45, 2.75) is 11.8 Å². The van der Waals surface area contributed by atoms with Crippen LogP contribution in [0.5, 0.6) is 0 Å². The molecule has 2 rings (SSSR count). The van der Waals surface area contributed by atoms with Gasteiger partial charge in [-0.25, -0.2) is 0 Å². The molecule has 0 aliphatic rings. The second-order valence-corrected chi connectivity index (χ2v) is 6.04. The Balaban J connectivity index is 2.10. The average Bonchev–Trinajstić information content (AvgIpc) is 2.58.